The predicted molar refractivity (Wildman–Crippen MR) is 189 cm³/mol. The summed E-state index contributed by atoms with van der Waals surface area (Å²) in [6, 6.07) is 14.7. The number of carboxylic acid groups (broad SMARTS) is 2. The summed E-state index contributed by atoms with van der Waals surface area (Å²) >= 11 is 8.76. The predicted octanol–water partition coefficient (Wildman–Crippen LogP) is 5.96. The number of nitrogen functional groups attached to an aromatic ring is 1. The number of nitrogens with one attached hydrogen (secondary N) is 1. The molecule has 2 heterocycles. The molecule has 1 amide bonds. The van der Waals surface area contributed by atoms with Crippen LogP contribution < -0.4 is 15.8 Å². The number of ether oxygens (including phenoxy) is 2. The number of carboxylic acids is 2. The van der Waals surface area contributed by atoms with Gasteiger partial charge in [0.15, 0.2) is 0 Å². The second-order valence-electron chi connectivity index (χ2n) is 10.5. The summed E-state index contributed by atoms with van der Waals surface area (Å²) in [7, 11) is 0. The molecular weight excluding hydrogens is 720 g/mol. The maximum Gasteiger partial charge on any atom is 0.326 e. The molecule has 0 fully saturated rings. The van der Waals surface area contributed by atoms with Gasteiger partial charge in [-0.15, -0.1) is 11.3 Å². The third-order valence-electron chi connectivity index (χ3n) is 6.98. The zero-order chi connectivity index (χ0) is 36.9. The van der Waals surface area contributed by atoms with Crippen molar-refractivity contribution in [2.24, 2.45) is 0 Å². The normalized spacial score (nSPS) is 11.1. The molecule has 2 aromatic heterocycles. The van der Waals surface area contributed by atoms with Gasteiger partial charge in [0.2, 0.25) is 11.6 Å². The quantitative estimate of drug-likeness (QED) is 0.0424. The standard InChI is InChI=1S/C34H29ClN6O8S2/c1-38-30-29(24(16-36)33(41-31(30)37)51-18-22-17-50-32(39-22)20-2-6-21(35)7-3-20)19-4-8-23(9-5-19)48-14-15-49-28(45)13-10-25(34(46)47)40-26(42)11-12-27(43)44/h2-9,17,25H,10-15,18H2,(H2,37,41)(H,40,42)(H,43,44)(H,46,47)/t25-/m0/s1. The molecule has 262 valence electrons. The van der Waals surface area contributed by atoms with E-state index in [1.165, 1.54) is 23.1 Å². The van der Waals surface area contributed by atoms with Crippen LogP contribution in [0.3, 0.4) is 0 Å². The largest absolute Gasteiger partial charge is 0.490 e. The van der Waals surface area contributed by atoms with Crippen LogP contribution in [0.2, 0.25) is 5.02 Å². The Morgan fingerprint density at radius 2 is 1.75 bits per heavy atom. The van der Waals surface area contributed by atoms with Gasteiger partial charge < -0.3 is 30.7 Å². The second-order valence-corrected chi connectivity index (χ2v) is 12.8. The van der Waals surface area contributed by atoms with E-state index in [1.54, 1.807) is 36.4 Å². The Labute approximate surface area is 305 Å². The number of amides is 1. The van der Waals surface area contributed by atoms with E-state index in [-0.39, 0.29) is 49.5 Å². The number of carbonyl (C=O) groups excluding carboxylic acids is 2. The molecule has 0 saturated carbocycles. The molecule has 51 heavy (non-hydrogen) atoms. The van der Waals surface area contributed by atoms with Gasteiger partial charge >= 0.3 is 17.9 Å². The van der Waals surface area contributed by atoms with Gasteiger partial charge in [0.25, 0.3) is 0 Å². The summed E-state index contributed by atoms with van der Waals surface area (Å²) < 4.78 is 10.7. The Morgan fingerprint density at radius 1 is 1.04 bits per heavy atom. The van der Waals surface area contributed by atoms with Crippen LogP contribution in [0.5, 0.6) is 5.75 Å². The third kappa shape index (κ3) is 10.9. The van der Waals surface area contributed by atoms with Crippen LogP contribution in [0, 0.1) is 17.9 Å². The number of rotatable bonds is 17. The molecule has 14 nitrogen and oxygen atoms in total. The van der Waals surface area contributed by atoms with Crippen LogP contribution >= 0.6 is 34.7 Å². The Morgan fingerprint density at radius 3 is 2.39 bits per heavy atom. The van der Waals surface area contributed by atoms with E-state index in [1.807, 2.05) is 17.5 Å². The molecule has 0 spiro atoms. The fourth-order valence-electron chi connectivity index (χ4n) is 4.53. The van der Waals surface area contributed by atoms with E-state index >= 15 is 0 Å². The van der Waals surface area contributed by atoms with Crippen LogP contribution in [0.4, 0.5) is 11.5 Å². The summed E-state index contributed by atoms with van der Waals surface area (Å²) in [6.07, 6.45) is -1.39. The fourth-order valence-corrected chi connectivity index (χ4v) is 6.47. The van der Waals surface area contributed by atoms with Crippen LogP contribution in [0.15, 0.2) is 58.9 Å². The van der Waals surface area contributed by atoms with Crippen molar-refractivity contribution in [1.29, 1.82) is 5.26 Å². The molecule has 0 aliphatic rings. The first-order chi connectivity index (χ1) is 24.5. The number of nitrogens with zero attached hydrogens (tertiary/aromatic N) is 4. The highest BCUT2D eigenvalue weighted by Crippen LogP contribution is 2.42. The zero-order valence-electron chi connectivity index (χ0n) is 26.6. The van der Waals surface area contributed by atoms with Gasteiger partial charge in [-0.25, -0.2) is 19.6 Å². The van der Waals surface area contributed by atoms with Crippen LogP contribution in [-0.2, 0) is 29.7 Å². The molecule has 0 saturated heterocycles. The first kappa shape index (κ1) is 38.1. The minimum atomic E-state index is -1.38. The monoisotopic (exact) mass is 748 g/mol. The molecule has 2 aromatic carbocycles. The topological polar surface area (TPSA) is 219 Å². The van der Waals surface area contributed by atoms with Gasteiger partial charge in [-0.2, -0.15) is 5.26 Å². The van der Waals surface area contributed by atoms with Gasteiger partial charge in [-0.1, -0.05) is 47.6 Å². The molecule has 4 rings (SSSR count). The SMILES string of the molecule is [C-]#[N+]c1c(N)nc(SCc2csc(-c3ccc(Cl)cc3)n2)c(C#N)c1-c1ccc(OCCOC(=O)CC[C@H](NC(=O)CCC(=O)O)C(=O)O)cc1. The number of nitrogens with two attached hydrogens (primary N) is 1. The minimum Gasteiger partial charge on any atom is -0.490 e. The number of benzene rings is 2. The molecule has 0 aliphatic carbocycles. The van der Waals surface area contributed by atoms with Gasteiger partial charge in [0.05, 0.1) is 24.3 Å². The lowest BCUT2D eigenvalue weighted by Crippen LogP contribution is -2.41. The van der Waals surface area contributed by atoms with Crippen molar-refractivity contribution >= 4 is 70.0 Å². The lowest BCUT2D eigenvalue weighted by atomic mass is 10.00. The molecule has 5 N–H and O–H groups in total. The summed E-state index contributed by atoms with van der Waals surface area (Å²) in [5.41, 5.74) is 9.00. The summed E-state index contributed by atoms with van der Waals surface area (Å²) in [6.45, 7) is 7.53. The highest BCUT2D eigenvalue weighted by atomic mass is 35.5. The Balaban J connectivity index is 1.33. The number of carbonyl (C=O) groups is 4. The number of aliphatic carboxylic acids is 2. The first-order valence-electron chi connectivity index (χ1n) is 15.1. The number of thioether (sulfide) groups is 1. The van der Waals surface area contributed by atoms with Crippen LogP contribution in [0.25, 0.3) is 26.5 Å². The number of aromatic nitrogens is 2. The van der Waals surface area contributed by atoms with Crippen LogP contribution in [-0.4, -0.2) is 63.3 Å². The molecular formula is C34H29ClN6O8S2. The number of esters is 1. The van der Waals surface area contributed by atoms with Gasteiger partial charge in [-0.05, 0) is 36.2 Å². The number of hydrogen-bond acceptors (Lipinski definition) is 12. The van der Waals surface area contributed by atoms with E-state index in [9.17, 15) is 29.5 Å². The number of nitriles is 1. The molecule has 4 aromatic rings. The number of pyridine rings is 1. The van der Waals surface area contributed by atoms with E-state index < -0.39 is 36.3 Å². The Kier molecular flexibility index (Phi) is 13.7. The maximum atomic E-state index is 12.1. The Bertz CT molecular complexity index is 1990. The molecule has 0 bridgehead atoms. The van der Waals surface area contributed by atoms with Gasteiger partial charge in [0.1, 0.15) is 46.9 Å². The average molecular weight is 749 g/mol. The van der Waals surface area contributed by atoms with Gasteiger partial charge in [-0.3, -0.25) is 14.4 Å². The van der Waals surface area contributed by atoms with Gasteiger partial charge in [0, 0.05) is 40.1 Å². The minimum absolute atomic E-state index is 0.0148. The molecule has 17 heteroatoms. The van der Waals surface area contributed by atoms with E-state index in [2.05, 4.69) is 26.2 Å². The van der Waals surface area contributed by atoms with Crippen molar-refractivity contribution < 1.29 is 38.9 Å². The molecule has 0 unspecified atom stereocenters. The summed E-state index contributed by atoms with van der Waals surface area (Å²) in [5, 5.41) is 34.0. The van der Waals surface area contributed by atoms with E-state index in [0.29, 0.717) is 32.7 Å². The van der Waals surface area contributed by atoms with Crippen molar-refractivity contribution in [3.63, 3.8) is 0 Å². The number of anilines is 1. The van der Waals surface area contributed by atoms with Crippen molar-refractivity contribution in [3.8, 4) is 33.5 Å². The maximum absolute atomic E-state index is 12.1. The second kappa shape index (κ2) is 18.4. The highest BCUT2D eigenvalue weighted by molar-refractivity contribution is 7.98. The van der Waals surface area contributed by atoms with Crippen molar-refractivity contribution in [3.05, 3.63) is 81.6 Å². The summed E-state index contributed by atoms with van der Waals surface area (Å²) in [4.78, 5) is 58.5. The van der Waals surface area contributed by atoms with Crippen molar-refractivity contribution in [1.82, 2.24) is 15.3 Å². The highest BCUT2D eigenvalue weighted by Gasteiger charge is 2.23. The van der Waals surface area contributed by atoms with E-state index in [4.69, 9.17) is 38.5 Å². The first-order valence-corrected chi connectivity index (χ1v) is 17.3. The lowest BCUT2D eigenvalue weighted by Gasteiger charge is -2.14. The van der Waals surface area contributed by atoms with Crippen molar-refractivity contribution in [2.75, 3.05) is 18.9 Å². The number of thiazole rings is 1. The third-order valence-corrected chi connectivity index (χ3v) is 9.18. The fraction of sp³-hybridized carbons (Fsp3) is 0.235. The zero-order valence-corrected chi connectivity index (χ0v) is 29.0. The smallest absolute Gasteiger partial charge is 0.326 e. The molecule has 1 atom stereocenters. The molecule has 0 aliphatic heterocycles. The lowest BCUT2D eigenvalue weighted by molar-refractivity contribution is -0.146. The number of halogens is 1. The average Bonchev–Trinajstić information content (AvgIpc) is 3.59. The Hall–Kier alpha value is -5.68. The van der Waals surface area contributed by atoms with Crippen molar-refractivity contribution in [2.45, 2.75) is 42.5 Å². The van der Waals surface area contributed by atoms with Crippen LogP contribution in [0.1, 0.15) is 36.9 Å². The van der Waals surface area contributed by atoms with E-state index in [0.717, 1.165) is 16.3 Å². The summed E-state index contributed by atoms with van der Waals surface area (Å²) in [5.74, 6) is -3.23. The number of hydrogen-bond donors (Lipinski definition) is 4. The molecule has 0 radical (unpaired) electrons.